The van der Waals surface area contributed by atoms with Crippen LogP contribution in [0, 0.1) is 0 Å². The second-order valence-electron chi connectivity index (χ2n) is 3.49. The molecule has 1 N–H and O–H groups in total. The average molecular weight is 261 g/mol. The molecular weight excluding hydrogens is 248 g/mol. The Morgan fingerprint density at radius 1 is 1.64 bits per heavy atom. The van der Waals surface area contributed by atoms with Crippen molar-refractivity contribution in [3.63, 3.8) is 0 Å². The molecule has 0 aromatic carbocycles. The fourth-order valence-corrected chi connectivity index (χ4v) is 2.39. The van der Waals surface area contributed by atoms with Crippen LogP contribution in [0.25, 0.3) is 0 Å². The molecule has 14 heavy (non-hydrogen) atoms. The first kappa shape index (κ1) is 11.2. The lowest BCUT2D eigenvalue weighted by Gasteiger charge is -2.05. The zero-order chi connectivity index (χ0) is 10.9. The zero-order valence-corrected chi connectivity index (χ0v) is 10.00. The van der Waals surface area contributed by atoms with E-state index in [1.807, 2.05) is 20.9 Å². The van der Waals surface area contributed by atoms with Crippen molar-refractivity contribution >= 4 is 21.9 Å². The maximum atomic E-state index is 10.5. The van der Waals surface area contributed by atoms with Gasteiger partial charge in [0.15, 0.2) is 0 Å². The Labute approximate surface area is 91.1 Å². The van der Waals surface area contributed by atoms with E-state index >= 15 is 0 Å². The number of aliphatic carboxylic acids is 1. The third kappa shape index (κ3) is 2.15. The summed E-state index contributed by atoms with van der Waals surface area (Å²) in [6.45, 7) is 4.10. The third-order valence-corrected chi connectivity index (χ3v) is 2.83. The first-order valence-corrected chi connectivity index (χ1v) is 5.15. The highest BCUT2D eigenvalue weighted by atomic mass is 79.9. The number of hydrogen-bond donors (Lipinski definition) is 1. The smallest absolute Gasteiger partial charge is 0.309 e. The van der Waals surface area contributed by atoms with Crippen molar-refractivity contribution in [1.82, 2.24) is 9.78 Å². The van der Waals surface area contributed by atoms with Crippen molar-refractivity contribution in [3.05, 3.63) is 15.9 Å². The van der Waals surface area contributed by atoms with Crippen LogP contribution in [0.5, 0.6) is 0 Å². The van der Waals surface area contributed by atoms with E-state index in [0.717, 1.165) is 10.2 Å². The fraction of sp³-hybridized carbons (Fsp3) is 0.556. The highest BCUT2D eigenvalue weighted by molar-refractivity contribution is 9.10. The highest BCUT2D eigenvalue weighted by Gasteiger charge is 2.17. The standard InChI is InChI=1S/C9H13BrN2O2/c1-5(2)9-8(10)6(4-7(13)14)11-12(9)3/h5H,4H2,1-3H3,(H,13,14). The summed E-state index contributed by atoms with van der Waals surface area (Å²) in [7, 11) is 1.82. The lowest BCUT2D eigenvalue weighted by atomic mass is 10.1. The van der Waals surface area contributed by atoms with Crippen LogP contribution in [-0.4, -0.2) is 20.9 Å². The summed E-state index contributed by atoms with van der Waals surface area (Å²) in [5.74, 6) is -0.538. The lowest BCUT2D eigenvalue weighted by Crippen LogP contribution is -2.02. The van der Waals surface area contributed by atoms with E-state index in [1.54, 1.807) is 4.68 Å². The van der Waals surface area contributed by atoms with Crippen molar-refractivity contribution in [2.24, 2.45) is 7.05 Å². The molecule has 0 aliphatic heterocycles. The number of hydrogen-bond acceptors (Lipinski definition) is 2. The van der Waals surface area contributed by atoms with Crippen LogP contribution in [0.15, 0.2) is 4.47 Å². The van der Waals surface area contributed by atoms with E-state index in [1.165, 1.54) is 0 Å². The summed E-state index contributed by atoms with van der Waals surface area (Å²) in [6.07, 6.45) is -0.0405. The van der Waals surface area contributed by atoms with Crippen molar-refractivity contribution in [2.45, 2.75) is 26.2 Å². The average Bonchev–Trinajstić information content (AvgIpc) is 2.25. The van der Waals surface area contributed by atoms with E-state index in [9.17, 15) is 4.79 Å². The summed E-state index contributed by atoms with van der Waals surface area (Å²) in [5, 5.41) is 12.8. The summed E-state index contributed by atoms with van der Waals surface area (Å²) in [4.78, 5) is 10.5. The Morgan fingerprint density at radius 2 is 2.21 bits per heavy atom. The normalized spacial score (nSPS) is 10.9. The Kier molecular flexibility index (Phi) is 3.31. The minimum atomic E-state index is -0.862. The predicted molar refractivity (Wildman–Crippen MR) is 56.3 cm³/mol. The van der Waals surface area contributed by atoms with Crippen molar-refractivity contribution in [2.75, 3.05) is 0 Å². The SMILES string of the molecule is CC(C)c1c(Br)c(CC(=O)O)nn1C. The maximum absolute atomic E-state index is 10.5. The summed E-state index contributed by atoms with van der Waals surface area (Å²) in [5.41, 5.74) is 1.62. The van der Waals surface area contributed by atoms with Gasteiger partial charge in [-0.15, -0.1) is 0 Å². The molecule has 0 fully saturated rings. The van der Waals surface area contributed by atoms with Gasteiger partial charge >= 0.3 is 5.97 Å². The van der Waals surface area contributed by atoms with Gasteiger partial charge < -0.3 is 5.11 Å². The van der Waals surface area contributed by atoms with Gasteiger partial charge in [-0.3, -0.25) is 9.48 Å². The molecule has 0 spiro atoms. The number of nitrogens with zero attached hydrogens (tertiary/aromatic N) is 2. The van der Waals surface area contributed by atoms with Crippen LogP contribution in [0.3, 0.4) is 0 Å². The Morgan fingerprint density at radius 3 is 2.57 bits per heavy atom. The Balaban J connectivity index is 3.10. The first-order valence-electron chi connectivity index (χ1n) is 4.36. The minimum Gasteiger partial charge on any atom is -0.481 e. The molecule has 0 saturated heterocycles. The topological polar surface area (TPSA) is 55.1 Å². The van der Waals surface area contributed by atoms with Crippen molar-refractivity contribution in [1.29, 1.82) is 0 Å². The highest BCUT2D eigenvalue weighted by Crippen LogP contribution is 2.27. The van der Waals surface area contributed by atoms with Gasteiger partial charge in [0.1, 0.15) is 0 Å². The molecule has 0 unspecified atom stereocenters. The predicted octanol–water partition coefficient (Wildman–Crippen LogP) is 1.93. The van der Waals surface area contributed by atoms with E-state index in [-0.39, 0.29) is 6.42 Å². The van der Waals surface area contributed by atoms with Crippen LogP contribution < -0.4 is 0 Å². The molecule has 0 atom stereocenters. The second-order valence-corrected chi connectivity index (χ2v) is 4.29. The maximum Gasteiger partial charge on any atom is 0.309 e. The van der Waals surface area contributed by atoms with Crippen LogP contribution >= 0.6 is 15.9 Å². The summed E-state index contributed by atoms with van der Waals surface area (Å²) in [6, 6.07) is 0. The van der Waals surface area contributed by atoms with Gasteiger partial charge in [-0.05, 0) is 21.8 Å². The fourth-order valence-electron chi connectivity index (χ4n) is 1.45. The quantitative estimate of drug-likeness (QED) is 0.904. The van der Waals surface area contributed by atoms with Crippen LogP contribution in [0.2, 0.25) is 0 Å². The van der Waals surface area contributed by atoms with Crippen LogP contribution in [0.4, 0.5) is 0 Å². The van der Waals surface area contributed by atoms with Crippen LogP contribution in [-0.2, 0) is 18.3 Å². The van der Waals surface area contributed by atoms with Crippen LogP contribution in [0.1, 0.15) is 31.2 Å². The van der Waals surface area contributed by atoms with E-state index in [0.29, 0.717) is 11.6 Å². The van der Waals surface area contributed by atoms with Gasteiger partial charge in [0.25, 0.3) is 0 Å². The number of halogens is 1. The van der Waals surface area contributed by atoms with Crippen molar-refractivity contribution in [3.8, 4) is 0 Å². The minimum absolute atomic E-state index is 0.0405. The third-order valence-electron chi connectivity index (χ3n) is 1.96. The van der Waals surface area contributed by atoms with E-state index in [4.69, 9.17) is 5.11 Å². The molecule has 0 aliphatic carbocycles. The largest absolute Gasteiger partial charge is 0.481 e. The molecule has 0 aliphatic rings. The zero-order valence-electron chi connectivity index (χ0n) is 8.41. The molecule has 0 bridgehead atoms. The Hall–Kier alpha value is -0.840. The first-order chi connectivity index (χ1) is 6.43. The number of carboxylic acid groups (broad SMARTS) is 1. The van der Waals surface area contributed by atoms with E-state index in [2.05, 4.69) is 21.0 Å². The number of carbonyl (C=O) groups is 1. The van der Waals surface area contributed by atoms with Gasteiger partial charge in [-0.25, -0.2) is 0 Å². The number of aromatic nitrogens is 2. The monoisotopic (exact) mass is 260 g/mol. The van der Waals surface area contributed by atoms with E-state index < -0.39 is 5.97 Å². The number of rotatable bonds is 3. The molecule has 0 amide bonds. The van der Waals surface area contributed by atoms with Gasteiger partial charge in [-0.1, -0.05) is 13.8 Å². The van der Waals surface area contributed by atoms with Gasteiger partial charge in [0.2, 0.25) is 0 Å². The molecule has 4 nitrogen and oxygen atoms in total. The molecule has 0 saturated carbocycles. The molecule has 0 radical (unpaired) electrons. The number of carboxylic acids is 1. The van der Waals surface area contributed by atoms with Gasteiger partial charge in [0.05, 0.1) is 22.3 Å². The van der Waals surface area contributed by atoms with Gasteiger partial charge in [-0.2, -0.15) is 5.10 Å². The van der Waals surface area contributed by atoms with Gasteiger partial charge in [0, 0.05) is 7.05 Å². The molecule has 1 heterocycles. The molecule has 1 rings (SSSR count). The molecule has 5 heteroatoms. The molecule has 1 aromatic heterocycles. The molecule has 1 aromatic rings. The molecule has 78 valence electrons. The van der Waals surface area contributed by atoms with Crippen molar-refractivity contribution < 1.29 is 9.90 Å². The summed E-state index contributed by atoms with van der Waals surface area (Å²) < 4.78 is 2.55. The molecular formula is C9H13BrN2O2. The summed E-state index contributed by atoms with van der Waals surface area (Å²) >= 11 is 3.38. The number of aryl methyl sites for hydroxylation is 1. The Bertz CT molecular complexity index is 358. The lowest BCUT2D eigenvalue weighted by molar-refractivity contribution is -0.136. The second kappa shape index (κ2) is 4.13.